The second-order valence-corrected chi connectivity index (χ2v) is 9.45. The molecule has 0 spiro atoms. The molecule has 0 aliphatic carbocycles. The van der Waals surface area contributed by atoms with Crippen LogP contribution in [0.2, 0.25) is 0 Å². The topological polar surface area (TPSA) is 32.8 Å². The number of carbonyl (C=O) groups is 1. The molecule has 0 saturated carbocycles. The Balaban J connectivity index is 1.54. The number of amides is 1. The number of carbonyl (C=O) groups excluding carboxylic acids is 1. The van der Waals surface area contributed by atoms with Crippen molar-refractivity contribution in [3.8, 4) is 16.9 Å². The lowest BCUT2D eigenvalue weighted by molar-refractivity contribution is 0.0768. The Morgan fingerprint density at radius 2 is 1.67 bits per heavy atom. The number of nitrogens with zero attached hydrogens (tertiary/aromatic N) is 2. The Morgan fingerprint density at radius 1 is 1.06 bits per heavy atom. The molecule has 1 aliphatic heterocycles. The third-order valence-corrected chi connectivity index (χ3v) is 6.23. The molecular formula is C27H36F2N2O2. The predicted octanol–water partition coefficient (Wildman–Crippen LogP) is 5.81. The number of rotatable bonds is 9. The van der Waals surface area contributed by atoms with Crippen LogP contribution in [0.25, 0.3) is 11.1 Å². The molecule has 2 aromatic carbocycles. The molecule has 0 radical (unpaired) electrons. The van der Waals surface area contributed by atoms with E-state index in [1.807, 2.05) is 38.1 Å². The minimum Gasteiger partial charge on any atom is -0.493 e. The predicted molar refractivity (Wildman–Crippen MR) is 129 cm³/mol. The largest absolute Gasteiger partial charge is 0.493 e. The zero-order chi connectivity index (χ0) is 24.0. The van der Waals surface area contributed by atoms with Gasteiger partial charge in [-0.3, -0.25) is 4.79 Å². The highest BCUT2D eigenvalue weighted by Gasteiger charge is 2.25. The minimum atomic E-state index is -1.16. The summed E-state index contributed by atoms with van der Waals surface area (Å²) in [7, 11) is 0. The van der Waals surface area contributed by atoms with Gasteiger partial charge in [0.2, 0.25) is 0 Å². The maximum atomic E-state index is 14.6. The maximum Gasteiger partial charge on any atom is 0.256 e. The number of piperidine rings is 1. The van der Waals surface area contributed by atoms with Crippen LogP contribution in [-0.2, 0) is 0 Å². The Morgan fingerprint density at radius 3 is 2.21 bits per heavy atom. The number of alkyl halides is 1. The van der Waals surface area contributed by atoms with Gasteiger partial charge in [-0.25, -0.2) is 8.78 Å². The number of hydrogen-bond acceptors (Lipinski definition) is 3. The summed E-state index contributed by atoms with van der Waals surface area (Å²) in [6.45, 7) is 11.0. The van der Waals surface area contributed by atoms with Gasteiger partial charge in [0.05, 0.1) is 12.2 Å². The van der Waals surface area contributed by atoms with Crippen molar-refractivity contribution in [1.29, 1.82) is 0 Å². The molecule has 180 valence electrons. The summed E-state index contributed by atoms with van der Waals surface area (Å²) < 4.78 is 34.5. The number of hydrogen-bond donors (Lipinski definition) is 0. The Bertz CT molecular complexity index is 913. The van der Waals surface area contributed by atoms with Gasteiger partial charge < -0.3 is 14.5 Å². The molecule has 0 bridgehead atoms. The van der Waals surface area contributed by atoms with Crippen molar-refractivity contribution in [3.63, 3.8) is 0 Å². The van der Waals surface area contributed by atoms with Crippen LogP contribution >= 0.6 is 0 Å². The molecule has 0 aromatic heterocycles. The molecule has 1 saturated heterocycles. The van der Waals surface area contributed by atoms with Crippen LogP contribution in [-0.4, -0.2) is 60.7 Å². The van der Waals surface area contributed by atoms with Crippen LogP contribution in [0.15, 0.2) is 42.5 Å². The number of likely N-dealkylation sites (tertiary alicyclic amines) is 1. The van der Waals surface area contributed by atoms with Gasteiger partial charge >= 0.3 is 0 Å². The molecule has 0 N–H and O–H groups in total. The molecule has 2 aromatic rings. The molecular weight excluding hydrogens is 422 g/mol. The first-order valence-electron chi connectivity index (χ1n) is 11.9. The van der Waals surface area contributed by atoms with E-state index < -0.39 is 11.5 Å². The summed E-state index contributed by atoms with van der Waals surface area (Å²) in [4.78, 5) is 16.2. The molecule has 4 nitrogen and oxygen atoms in total. The highest BCUT2D eigenvalue weighted by atomic mass is 19.1. The smallest absolute Gasteiger partial charge is 0.256 e. The third-order valence-electron chi connectivity index (χ3n) is 6.23. The van der Waals surface area contributed by atoms with Crippen LogP contribution in [0.3, 0.4) is 0 Å². The molecule has 0 unspecified atom stereocenters. The van der Waals surface area contributed by atoms with E-state index in [-0.39, 0.29) is 11.5 Å². The SMILES string of the molecule is CCN(CC)C(=O)c1ccc(-c2ccc(OCC3CCN(CC(C)(C)F)CC3)cc2)cc1F. The first-order valence-corrected chi connectivity index (χ1v) is 11.9. The first kappa shape index (κ1) is 25.2. The normalized spacial score (nSPS) is 15.5. The fourth-order valence-corrected chi connectivity index (χ4v) is 4.35. The zero-order valence-corrected chi connectivity index (χ0v) is 20.2. The van der Waals surface area contributed by atoms with Crippen molar-refractivity contribution in [2.75, 3.05) is 39.3 Å². The van der Waals surface area contributed by atoms with E-state index in [4.69, 9.17) is 4.74 Å². The lowest BCUT2D eigenvalue weighted by atomic mass is 9.97. The lowest BCUT2D eigenvalue weighted by Crippen LogP contribution is -2.41. The minimum absolute atomic E-state index is 0.100. The van der Waals surface area contributed by atoms with Crippen LogP contribution in [0.4, 0.5) is 8.78 Å². The Hall–Kier alpha value is -2.47. The van der Waals surface area contributed by atoms with Crippen LogP contribution in [0, 0.1) is 11.7 Å². The van der Waals surface area contributed by atoms with E-state index in [9.17, 15) is 13.6 Å². The van der Waals surface area contributed by atoms with Crippen molar-refractivity contribution in [2.24, 2.45) is 5.92 Å². The lowest BCUT2D eigenvalue weighted by Gasteiger charge is -2.34. The fourth-order valence-electron chi connectivity index (χ4n) is 4.35. The summed E-state index contributed by atoms with van der Waals surface area (Å²) in [5.41, 5.74) is 0.530. The monoisotopic (exact) mass is 458 g/mol. The first-order chi connectivity index (χ1) is 15.7. The van der Waals surface area contributed by atoms with Crippen molar-refractivity contribution in [3.05, 3.63) is 53.8 Å². The van der Waals surface area contributed by atoms with E-state index in [2.05, 4.69) is 4.90 Å². The van der Waals surface area contributed by atoms with Gasteiger partial charge in [0, 0.05) is 19.6 Å². The van der Waals surface area contributed by atoms with Gasteiger partial charge in [0.15, 0.2) is 0 Å². The van der Waals surface area contributed by atoms with Crippen molar-refractivity contribution in [1.82, 2.24) is 9.80 Å². The highest BCUT2D eigenvalue weighted by molar-refractivity contribution is 5.95. The second-order valence-electron chi connectivity index (χ2n) is 9.45. The molecule has 1 heterocycles. The summed E-state index contributed by atoms with van der Waals surface area (Å²) in [6.07, 6.45) is 2.01. The van der Waals surface area contributed by atoms with Gasteiger partial charge in [-0.15, -0.1) is 0 Å². The van der Waals surface area contributed by atoms with E-state index in [1.165, 1.54) is 6.07 Å². The molecule has 33 heavy (non-hydrogen) atoms. The average molecular weight is 459 g/mol. The Labute approximate surface area is 196 Å². The summed E-state index contributed by atoms with van der Waals surface area (Å²) >= 11 is 0. The highest BCUT2D eigenvalue weighted by Crippen LogP contribution is 2.26. The van der Waals surface area contributed by atoms with Crippen LogP contribution < -0.4 is 4.74 Å². The quantitative estimate of drug-likeness (QED) is 0.475. The van der Waals surface area contributed by atoms with Crippen molar-refractivity contribution in [2.45, 2.75) is 46.2 Å². The molecule has 1 fully saturated rings. The molecule has 3 rings (SSSR count). The number of ether oxygens (including phenoxy) is 1. The summed E-state index contributed by atoms with van der Waals surface area (Å²) in [5, 5.41) is 0. The molecule has 6 heteroatoms. The fraction of sp³-hybridized carbons (Fsp3) is 0.519. The summed E-state index contributed by atoms with van der Waals surface area (Å²) in [5.74, 6) is 0.452. The third kappa shape index (κ3) is 7.00. The average Bonchev–Trinajstić information content (AvgIpc) is 2.78. The van der Waals surface area contributed by atoms with Crippen molar-refractivity contribution >= 4 is 5.91 Å². The van der Waals surface area contributed by atoms with Gasteiger partial charge in [-0.2, -0.15) is 0 Å². The van der Waals surface area contributed by atoms with E-state index in [0.29, 0.717) is 32.2 Å². The standard InChI is InChI=1S/C27H36F2N2O2/c1-5-31(6-2)26(32)24-12-9-22(17-25(24)28)21-7-10-23(11-8-21)33-18-20-13-15-30(16-14-20)19-27(3,4)29/h7-12,17,20H,5-6,13-16,18-19H2,1-4H3. The zero-order valence-electron chi connectivity index (χ0n) is 20.2. The molecule has 0 atom stereocenters. The second kappa shape index (κ2) is 11.1. The van der Waals surface area contributed by atoms with Crippen molar-refractivity contribution < 1.29 is 18.3 Å². The van der Waals surface area contributed by atoms with Gasteiger partial charge in [-0.05, 0) is 94.9 Å². The number of benzene rings is 2. The Kier molecular flexibility index (Phi) is 8.46. The van der Waals surface area contributed by atoms with Gasteiger partial charge in [0.1, 0.15) is 17.2 Å². The summed E-state index contributed by atoms with van der Waals surface area (Å²) in [6, 6.07) is 12.4. The van der Waals surface area contributed by atoms with Crippen LogP contribution in [0.5, 0.6) is 5.75 Å². The van der Waals surface area contributed by atoms with E-state index in [1.54, 1.807) is 30.9 Å². The van der Waals surface area contributed by atoms with Gasteiger partial charge in [-0.1, -0.05) is 18.2 Å². The maximum absolute atomic E-state index is 14.6. The molecule has 1 amide bonds. The van der Waals surface area contributed by atoms with Gasteiger partial charge in [0.25, 0.3) is 5.91 Å². The van der Waals surface area contributed by atoms with E-state index in [0.717, 1.165) is 42.8 Å². The number of halogens is 2. The molecule has 1 aliphatic rings. The van der Waals surface area contributed by atoms with Crippen LogP contribution in [0.1, 0.15) is 50.9 Å². The van der Waals surface area contributed by atoms with E-state index >= 15 is 0 Å².